The van der Waals surface area contributed by atoms with Crippen LogP contribution in [0.5, 0.6) is 0 Å². The summed E-state index contributed by atoms with van der Waals surface area (Å²) in [6.45, 7) is 2.23. The van der Waals surface area contributed by atoms with Crippen LogP contribution >= 0.6 is 15.9 Å². The van der Waals surface area contributed by atoms with E-state index in [0.29, 0.717) is 13.0 Å². The first kappa shape index (κ1) is 13.8. The normalized spacial score (nSPS) is 9.29. The second-order valence-corrected chi connectivity index (χ2v) is 4.21. The van der Waals surface area contributed by atoms with Crippen molar-refractivity contribution in [2.24, 2.45) is 0 Å². The second kappa shape index (κ2) is 7.92. The smallest absolute Gasteiger partial charge is 0.310 e. The van der Waals surface area contributed by atoms with Crippen molar-refractivity contribution in [2.45, 2.75) is 19.8 Å². The largest absolute Gasteiger partial charge is 0.466 e. The molecule has 0 amide bonds. The molecular formula is C14H15BrO2. The minimum absolute atomic E-state index is 0.189. The molecule has 17 heavy (non-hydrogen) atoms. The summed E-state index contributed by atoms with van der Waals surface area (Å²) >= 11 is 3.32. The van der Waals surface area contributed by atoms with Crippen molar-refractivity contribution in [1.82, 2.24) is 0 Å². The third-order valence-electron chi connectivity index (χ3n) is 2.06. The zero-order valence-electron chi connectivity index (χ0n) is 9.83. The molecular weight excluding hydrogens is 280 g/mol. The summed E-state index contributed by atoms with van der Waals surface area (Å²) in [4.78, 5) is 11.3. The lowest BCUT2D eigenvalue weighted by molar-refractivity contribution is -0.142. The first-order valence-corrected chi connectivity index (χ1v) is 6.67. The Morgan fingerprint density at radius 1 is 1.35 bits per heavy atom. The second-order valence-electron chi connectivity index (χ2n) is 3.42. The van der Waals surface area contributed by atoms with E-state index in [1.165, 1.54) is 0 Å². The molecule has 0 atom stereocenters. The lowest BCUT2D eigenvalue weighted by atomic mass is 10.1. The molecule has 0 saturated carbocycles. The maximum Gasteiger partial charge on any atom is 0.310 e. The number of ether oxygens (including phenoxy) is 1. The standard InChI is InChI=1S/C14H15BrO2/c1-2-17-14(16)11-13-8-6-12(7-9-13)5-3-4-10-15/h6-9H,2,4,10-11H2,1H3. The van der Waals surface area contributed by atoms with Crippen LogP contribution in [0.2, 0.25) is 0 Å². The van der Waals surface area contributed by atoms with E-state index in [0.717, 1.165) is 22.9 Å². The van der Waals surface area contributed by atoms with Crippen LogP contribution < -0.4 is 0 Å². The number of carbonyl (C=O) groups excluding carboxylic acids is 1. The maximum absolute atomic E-state index is 11.3. The van der Waals surface area contributed by atoms with E-state index in [4.69, 9.17) is 4.74 Å². The summed E-state index contributed by atoms with van der Waals surface area (Å²) in [6.07, 6.45) is 1.16. The van der Waals surface area contributed by atoms with Gasteiger partial charge >= 0.3 is 5.97 Å². The van der Waals surface area contributed by atoms with Gasteiger partial charge in [0.2, 0.25) is 0 Å². The molecule has 0 aromatic heterocycles. The SMILES string of the molecule is CCOC(=O)Cc1ccc(C#CCCBr)cc1. The predicted octanol–water partition coefficient (Wildman–Crippen LogP) is 2.93. The number of benzene rings is 1. The fraction of sp³-hybridized carbons (Fsp3) is 0.357. The third kappa shape index (κ3) is 5.55. The summed E-state index contributed by atoms with van der Waals surface area (Å²) in [5.41, 5.74) is 1.92. The van der Waals surface area contributed by atoms with E-state index < -0.39 is 0 Å². The van der Waals surface area contributed by atoms with Gasteiger partial charge < -0.3 is 4.74 Å². The van der Waals surface area contributed by atoms with Crippen LogP contribution in [0.1, 0.15) is 24.5 Å². The number of carbonyl (C=O) groups is 1. The van der Waals surface area contributed by atoms with Crippen LogP contribution in [-0.2, 0) is 16.0 Å². The summed E-state index contributed by atoms with van der Waals surface area (Å²) in [7, 11) is 0. The van der Waals surface area contributed by atoms with Gasteiger partial charge in [-0.05, 0) is 24.6 Å². The molecule has 0 aliphatic rings. The molecule has 0 spiro atoms. The van der Waals surface area contributed by atoms with Gasteiger partial charge in [0.15, 0.2) is 0 Å². The van der Waals surface area contributed by atoms with Crippen LogP contribution in [0.4, 0.5) is 0 Å². The van der Waals surface area contributed by atoms with Gasteiger partial charge in [-0.25, -0.2) is 0 Å². The molecule has 0 aliphatic carbocycles. The van der Waals surface area contributed by atoms with Crippen molar-refractivity contribution in [3.05, 3.63) is 35.4 Å². The van der Waals surface area contributed by atoms with Crippen LogP contribution in [-0.4, -0.2) is 17.9 Å². The van der Waals surface area contributed by atoms with E-state index in [2.05, 4.69) is 27.8 Å². The van der Waals surface area contributed by atoms with Crippen LogP contribution in [0.25, 0.3) is 0 Å². The maximum atomic E-state index is 11.3. The number of alkyl halides is 1. The molecule has 0 N–H and O–H groups in total. The molecule has 1 aromatic rings. The highest BCUT2D eigenvalue weighted by Crippen LogP contribution is 2.05. The fourth-order valence-corrected chi connectivity index (χ4v) is 1.49. The average molecular weight is 295 g/mol. The van der Waals surface area contributed by atoms with Crippen molar-refractivity contribution in [1.29, 1.82) is 0 Å². The zero-order chi connectivity index (χ0) is 12.5. The van der Waals surface area contributed by atoms with Crippen molar-refractivity contribution in [2.75, 3.05) is 11.9 Å². The van der Waals surface area contributed by atoms with Crippen molar-refractivity contribution < 1.29 is 9.53 Å². The molecule has 2 nitrogen and oxygen atoms in total. The first-order chi connectivity index (χ1) is 8.26. The Hall–Kier alpha value is -1.27. The van der Waals surface area contributed by atoms with Gasteiger partial charge in [0, 0.05) is 17.3 Å². The molecule has 0 radical (unpaired) electrons. The molecule has 0 unspecified atom stereocenters. The Kier molecular flexibility index (Phi) is 6.42. The van der Waals surface area contributed by atoms with Gasteiger partial charge in [0.25, 0.3) is 0 Å². The highest BCUT2D eigenvalue weighted by Gasteiger charge is 2.02. The Bertz CT molecular complexity index is 412. The number of hydrogen-bond acceptors (Lipinski definition) is 2. The van der Waals surface area contributed by atoms with Crippen LogP contribution in [0.3, 0.4) is 0 Å². The van der Waals surface area contributed by atoms with E-state index in [9.17, 15) is 4.79 Å². The Labute approximate surface area is 110 Å². The third-order valence-corrected chi connectivity index (χ3v) is 2.46. The van der Waals surface area contributed by atoms with E-state index in [1.807, 2.05) is 24.3 Å². The Balaban J connectivity index is 2.56. The Morgan fingerprint density at radius 3 is 2.65 bits per heavy atom. The molecule has 1 aromatic carbocycles. The minimum Gasteiger partial charge on any atom is -0.466 e. The van der Waals surface area contributed by atoms with Crippen molar-refractivity contribution in [3.63, 3.8) is 0 Å². The van der Waals surface area contributed by atoms with E-state index in [1.54, 1.807) is 6.92 Å². The van der Waals surface area contributed by atoms with Gasteiger partial charge in [-0.1, -0.05) is 39.9 Å². The van der Waals surface area contributed by atoms with Gasteiger partial charge in [-0.2, -0.15) is 0 Å². The highest BCUT2D eigenvalue weighted by molar-refractivity contribution is 9.09. The minimum atomic E-state index is -0.189. The van der Waals surface area contributed by atoms with E-state index >= 15 is 0 Å². The molecule has 0 saturated heterocycles. The fourth-order valence-electron chi connectivity index (χ4n) is 1.30. The van der Waals surface area contributed by atoms with Gasteiger partial charge in [-0.15, -0.1) is 0 Å². The Morgan fingerprint density at radius 2 is 2.06 bits per heavy atom. The number of halogens is 1. The van der Waals surface area contributed by atoms with Crippen molar-refractivity contribution in [3.8, 4) is 11.8 Å². The zero-order valence-corrected chi connectivity index (χ0v) is 11.4. The molecule has 0 bridgehead atoms. The number of hydrogen-bond donors (Lipinski definition) is 0. The lowest BCUT2D eigenvalue weighted by Crippen LogP contribution is -2.07. The molecule has 0 heterocycles. The summed E-state index contributed by atoms with van der Waals surface area (Å²) in [6, 6.07) is 7.68. The molecule has 3 heteroatoms. The molecule has 1 rings (SSSR count). The van der Waals surface area contributed by atoms with Crippen molar-refractivity contribution >= 4 is 21.9 Å². The molecule has 0 fully saturated rings. The van der Waals surface area contributed by atoms with Crippen LogP contribution in [0, 0.1) is 11.8 Å². The van der Waals surface area contributed by atoms with Crippen LogP contribution in [0.15, 0.2) is 24.3 Å². The monoisotopic (exact) mass is 294 g/mol. The topological polar surface area (TPSA) is 26.3 Å². The number of esters is 1. The highest BCUT2D eigenvalue weighted by atomic mass is 79.9. The lowest BCUT2D eigenvalue weighted by Gasteiger charge is -2.01. The van der Waals surface area contributed by atoms with Gasteiger partial charge in [-0.3, -0.25) is 4.79 Å². The average Bonchev–Trinajstić information content (AvgIpc) is 2.32. The molecule has 0 aliphatic heterocycles. The summed E-state index contributed by atoms with van der Waals surface area (Å²) in [5.74, 6) is 5.91. The summed E-state index contributed by atoms with van der Waals surface area (Å²) < 4.78 is 4.88. The van der Waals surface area contributed by atoms with E-state index in [-0.39, 0.29) is 5.97 Å². The quantitative estimate of drug-likeness (QED) is 0.485. The predicted molar refractivity (Wildman–Crippen MR) is 72.1 cm³/mol. The molecule has 90 valence electrons. The summed E-state index contributed by atoms with van der Waals surface area (Å²) in [5, 5.41) is 0.890. The number of rotatable bonds is 4. The van der Waals surface area contributed by atoms with Gasteiger partial charge in [0.05, 0.1) is 13.0 Å². The van der Waals surface area contributed by atoms with Gasteiger partial charge in [0.1, 0.15) is 0 Å². The first-order valence-electron chi connectivity index (χ1n) is 5.55.